The van der Waals surface area contributed by atoms with Gasteiger partial charge >= 0.3 is 11.9 Å². The summed E-state index contributed by atoms with van der Waals surface area (Å²) in [6.07, 6.45) is -0.719. The summed E-state index contributed by atoms with van der Waals surface area (Å²) in [7, 11) is 0. The van der Waals surface area contributed by atoms with Gasteiger partial charge in [-0.15, -0.1) is 0 Å². The average molecular weight is 553 g/mol. The standard InChI is InChI=1S/C32H44N2O6/c1-7-23(33)19-25(35)31(3,4)27(21-15-11-9-12-16-21)39-29(37)30(38)40-28(22-17-13-10-14-18-22)32(5,6)26(36)20-24(34)8-2/h9-18,23-24,27-28H,7-8,19-20,33-34H2,1-6H3. The van der Waals surface area contributed by atoms with Gasteiger partial charge < -0.3 is 20.9 Å². The van der Waals surface area contributed by atoms with Crippen molar-refractivity contribution in [3.05, 3.63) is 71.8 Å². The zero-order chi connectivity index (χ0) is 30.1. The molecule has 0 saturated heterocycles. The summed E-state index contributed by atoms with van der Waals surface area (Å²) in [5.41, 5.74) is 10.8. The molecule has 2 rings (SSSR count). The molecule has 0 saturated carbocycles. The maximum Gasteiger partial charge on any atom is 0.418 e. The van der Waals surface area contributed by atoms with Crippen molar-refractivity contribution in [1.82, 2.24) is 0 Å². The van der Waals surface area contributed by atoms with E-state index in [4.69, 9.17) is 20.9 Å². The van der Waals surface area contributed by atoms with Gasteiger partial charge in [-0.05, 0) is 51.7 Å². The number of hydrogen-bond donors (Lipinski definition) is 2. The van der Waals surface area contributed by atoms with Gasteiger partial charge in [0, 0.05) is 24.9 Å². The van der Waals surface area contributed by atoms with E-state index in [0.717, 1.165) is 0 Å². The van der Waals surface area contributed by atoms with Crippen molar-refractivity contribution in [3.63, 3.8) is 0 Å². The zero-order valence-electron chi connectivity index (χ0n) is 24.5. The molecule has 0 heterocycles. The number of esters is 2. The maximum absolute atomic E-state index is 13.2. The van der Waals surface area contributed by atoms with E-state index < -0.39 is 35.0 Å². The number of benzene rings is 2. The van der Waals surface area contributed by atoms with Gasteiger partial charge in [-0.25, -0.2) is 9.59 Å². The molecule has 2 aromatic rings. The van der Waals surface area contributed by atoms with Crippen LogP contribution in [0.1, 0.15) is 90.6 Å². The highest BCUT2D eigenvalue weighted by Crippen LogP contribution is 2.41. The number of nitrogens with two attached hydrogens (primary N) is 2. The van der Waals surface area contributed by atoms with Crippen LogP contribution in [0.25, 0.3) is 0 Å². The lowest BCUT2D eigenvalue weighted by atomic mass is 9.76. The minimum atomic E-state index is -1.26. The van der Waals surface area contributed by atoms with Crippen molar-refractivity contribution < 1.29 is 28.7 Å². The molecular weight excluding hydrogens is 508 g/mol. The largest absolute Gasteiger partial charge is 0.448 e. The van der Waals surface area contributed by atoms with E-state index in [2.05, 4.69) is 0 Å². The molecule has 0 fully saturated rings. The molecule has 0 radical (unpaired) electrons. The Kier molecular flexibility index (Phi) is 11.8. The van der Waals surface area contributed by atoms with Crippen molar-refractivity contribution in [3.8, 4) is 0 Å². The molecule has 0 aliphatic rings. The molecule has 40 heavy (non-hydrogen) atoms. The predicted molar refractivity (Wildman–Crippen MR) is 154 cm³/mol. The first kappa shape index (κ1) is 32.8. The van der Waals surface area contributed by atoms with Crippen LogP contribution in [0.5, 0.6) is 0 Å². The maximum atomic E-state index is 13.2. The fraction of sp³-hybridized carbons (Fsp3) is 0.500. The highest BCUT2D eigenvalue weighted by atomic mass is 16.6. The molecule has 8 nitrogen and oxygen atoms in total. The van der Waals surface area contributed by atoms with Gasteiger partial charge in [0.2, 0.25) is 0 Å². The summed E-state index contributed by atoms with van der Waals surface area (Å²) in [6, 6.07) is 16.9. The SMILES string of the molecule is CCC(N)CC(=O)C(C)(C)C(OC(=O)C(=O)OC(c1ccccc1)C(C)(C)C(=O)CC(N)CC)c1ccccc1. The van der Waals surface area contributed by atoms with E-state index in [0.29, 0.717) is 24.0 Å². The van der Waals surface area contributed by atoms with E-state index in [1.54, 1.807) is 88.4 Å². The summed E-state index contributed by atoms with van der Waals surface area (Å²) in [5, 5.41) is 0. The van der Waals surface area contributed by atoms with Crippen molar-refractivity contribution in [2.45, 2.75) is 91.5 Å². The summed E-state index contributed by atoms with van der Waals surface area (Å²) < 4.78 is 11.4. The molecule has 0 aromatic heterocycles. The van der Waals surface area contributed by atoms with Crippen LogP contribution >= 0.6 is 0 Å². The summed E-state index contributed by atoms with van der Waals surface area (Å²) in [4.78, 5) is 52.9. The van der Waals surface area contributed by atoms with Gasteiger partial charge in [0.05, 0.1) is 10.8 Å². The number of Topliss-reactive ketones (excluding diaryl/α,β-unsaturated/α-hetero) is 2. The quantitative estimate of drug-likeness (QED) is 0.247. The average Bonchev–Trinajstić information content (AvgIpc) is 2.94. The topological polar surface area (TPSA) is 139 Å². The fourth-order valence-corrected chi connectivity index (χ4v) is 4.41. The summed E-state index contributed by atoms with van der Waals surface area (Å²) in [5.74, 6) is -2.91. The fourth-order valence-electron chi connectivity index (χ4n) is 4.41. The van der Waals surface area contributed by atoms with Crippen molar-refractivity contribution in [2.75, 3.05) is 0 Å². The number of ether oxygens (including phenoxy) is 2. The molecule has 0 amide bonds. The molecule has 2 aromatic carbocycles. The molecule has 0 spiro atoms. The van der Waals surface area contributed by atoms with Crippen LogP contribution < -0.4 is 11.5 Å². The van der Waals surface area contributed by atoms with E-state index in [9.17, 15) is 19.2 Å². The molecule has 218 valence electrons. The minimum Gasteiger partial charge on any atom is -0.448 e. The Morgan fingerprint density at radius 3 is 1.20 bits per heavy atom. The summed E-state index contributed by atoms with van der Waals surface area (Å²) >= 11 is 0. The molecule has 4 atom stereocenters. The first-order valence-corrected chi connectivity index (χ1v) is 13.8. The molecule has 0 aliphatic carbocycles. The van der Waals surface area contributed by atoms with Crippen LogP contribution in [-0.2, 0) is 28.7 Å². The monoisotopic (exact) mass is 552 g/mol. The molecule has 4 N–H and O–H groups in total. The first-order valence-electron chi connectivity index (χ1n) is 13.8. The first-order chi connectivity index (χ1) is 18.7. The second-order valence-electron chi connectivity index (χ2n) is 11.4. The Labute approximate surface area is 237 Å². The Morgan fingerprint density at radius 2 is 0.925 bits per heavy atom. The molecular formula is C32H44N2O6. The third kappa shape index (κ3) is 8.32. The van der Waals surface area contributed by atoms with E-state index in [-0.39, 0.29) is 36.5 Å². The second kappa shape index (κ2) is 14.3. The Hall–Kier alpha value is -3.36. The number of rotatable bonds is 14. The molecule has 0 bridgehead atoms. The third-order valence-electron chi connectivity index (χ3n) is 7.51. The third-order valence-corrected chi connectivity index (χ3v) is 7.51. The molecule has 8 heteroatoms. The molecule has 0 aliphatic heterocycles. The second-order valence-corrected chi connectivity index (χ2v) is 11.4. The van der Waals surface area contributed by atoms with Crippen LogP contribution in [0.4, 0.5) is 0 Å². The number of hydrogen-bond acceptors (Lipinski definition) is 8. The van der Waals surface area contributed by atoms with Crippen molar-refractivity contribution in [1.29, 1.82) is 0 Å². The van der Waals surface area contributed by atoms with Crippen molar-refractivity contribution in [2.24, 2.45) is 22.3 Å². The van der Waals surface area contributed by atoms with Gasteiger partial charge in [0.25, 0.3) is 0 Å². The van der Waals surface area contributed by atoms with Gasteiger partial charge in [0.1, 0.15) is 23.8 Å². The highest BCUT2D eigenvalue weighted by molar-refractivity contribution is 6.29. The van der Waals surface area contributed by atoms with Crippen LogP contribution in [0.2, 0.25) is 0 Å². The smallest absolute Gasteiger partial charge is 0.418 e. The van der Waals surface area contributed by atoms with Crippen LogP contribution in [0, 0.1) is 10.8 Å². The normalized spacial score (nSPS) is 14.9. The van der Waals surface area contributed by atoms with Gasteiger partial charge in [-0.3, -0.25) is 9.59 Å². The Balaban J connectivity index is 2.37. The van der Waals surface area contributed by atoms with Crippen LogP contribution in [0.3, 0.4) is 0 Å². The Morgan fingerprint density at radius 1 is 0.625 bits per heavy atom. The highest BCUT2D eigenvalue weighted by Gasteiger charge is 2.44. The lowest BCUT2D eigenvalue weighted by Crippen LogP contribution is -2.40. The number of carbonyl (C=O) groups is 4. The number of ketones is 2. The zero-order valence-corrected chi connectivity index (χ0v) is 24.5. The number of carbonyl (C=O) groups excluding carboxylic acids is 4. The van der Waals surface area contributed by atoms with Crippen LogP contribution in [-0.4, -0.2) is 35.6 Å². The van der Waals surface area contributed by atoms with Gasteiger partial charge in [0.15, 0.2) is 0 Å². The Bertz CT molecular complexity index is 1060. The lowest BCUT2D eigenvalue weighted by molar-refractivity contribution is -0.183. The van der Waals surface area contributed by atoms with E-state index >= 15 is 0 Å². The van der Waals surface area contributed by atoms with Gasteiger partial charge in [-0.2, -0.15) is 0 Å². The van der Waals surface area contributed by atoms with Crippen LogP contribution in [0.15, 0.2) is 60.7 Å². The van der Waals surface area contributed by atoms with Gasteiger partial charge in [-0.1, -0.05) is 74.5 Å². The molecule has 4 unspecified atom stereocenters. The van der Waals surface area contributed by atoms with Crippen molar-refractivity contribution >= 4 is 23.5 Å². The predicted octanol–water partition coefficient (Wildman–Crippen LogP) is 5.00. The lowest BCUT2D eigenvalue weighted by Gasteiger charge is -2.35. The minimum absolute atomic E-state index is 0.0983. The summed E-state index contributed by atoms with van der Waals surface area (Å²) in [6.45, 7) is 10.4. The van der Waals surface area contributed by atoms with E-state index in [1.807, 2.05) is 13.8 Å². The van der Waals surface area contributed by atoms with E-state index in [1.165, 1.54) is 0 Å².